The van der Waals surface area contributed by atoms with Crippen LogP contribution in [0.25, 0.3) is 0 Å². The number of hydrogen-bond donors (Lipinski definition) is 2. The van der Waals surface area contributed by atoms with E-state index in [0.717, 1.165) is 35.0 Å². The van der Waals surface area contributed by atoms with Gasteiger partial charge in [0.05, 0.1) is 41.8 Å². The lowest BCUT2D eigenvalue weighted by atomic mass is 10.2. The number of likely N-dealkylation sites (N-methyl/N-ethyl adjacent to an activating group) is 2. The number of rotatable bonds is 9. The molecule has 0 aliphatic heterocycles. The number of quaternary nitrogens is 2. The summed E-state index contributed by atoms with van der Waals surface area (Å²) in [4.78, 5) is 11.3. The molecule has 2 N–H and O–H groups in total. The first-order valence-electron chi connectivity index (χ1n) is 7.17. The Morgan fingerprint density at radius 3 is 2.05 bits per heavy atom. The number of hydrogen-bond acceptors (Lipinski definition) is 2. The summed E-state index contributed by atoms with van der Waals surface area (Å²) >= 11 is 0. The molecule has 0 aromatic rings. The third kappa shape index (κ3) is 14.0. The van der Waals surface area contributed by atoms with Gasteiger partial charge in [-0.2, -0.15) is 0 Å². The molecular formula is C17H39N3O2. The van der Waals surface area contributed by atoms with Gasteiger partial charge in [0.2, 0.25) is 5.91 Å². The van der Waals surface area contributed by atoms with E-state index in [1.54, 1.807) is 6.92 Å². The molecule has 5 heteroatoms. The Hall–Kier alpha value is -0.910. The molecule has 0 heterocycles. The smallest absolute Gasteiger partial charge is 0.246 e. The van der Waals surface area contributed by atoms with Gasteiger partial charge >= 0.3 is 0 Å². The van der Waals surface area contributed by atoms with Crippen molar-refractivity contribution >= 4 is 5.91 Å². The van der Waals surface area contributed by atoms with Gasteiger partial charge in [-0.3, -0.25) is 4.79 Å². The summed E-state index contributed by atoms with van der Waals surface area (Å²) < 4.78 is 1.51. The highest BCUT2D eigenvalue weighted by Gasteiger charge is 2.24. The van der Waals surface area contributed by atoms with Gasteiger partial charge in [-0.15, -0.1) is 0 Å². The fraction of sp³-hybridized carbons (Fsp3) is 0.706. The van der Waals surface area contributed by atoms with Gasteiger partial charge < -0.3 is 34.2 Å². The van der Waals surface area contributed by atoms with E-state index in [9.17, 15) is 9.90 Å². The Kier molecular flexibility index (Phi) is 12.7. The molecule has 0 saturated carbocycles. The van der Waals surface area contributed by atoms with Gasteiger partial charge in [0.1, 0.15) is 13.1 Å². The van der Waals surface area contributed by atoms with Crippen LogP contribution < -0.4 is 5.32 Å². The van der Waals surface area contributed by atoms with Gasteiger partial charge in [-0.25, -0.2) is 0 Å². The third-order valence-corrected chi connectivity index (χ3v) is 3.08. The summed E-state index contributed by atoms with van der Waals surface area (Å²) in [6.07, 6.45) is 0.582. The van der Waals surface area contributed by atoms with Crippen LogP contribution in [0.2, 0.25) is 0 Å². The largest absolute Gasteiger partial charge is 0.382 e. The van der Waals surface area contributed by atoms with E-state index in [1.807, 2.05) is 0 Å². The first-order valence-corrected chi connectivity index (χ1v) is 7.17. The van der Waals surface area contributed by atoms with Crippen LogP contribution in [0.1, 0.15) is 13.3 Å². The number of carbonyl (C=O) groups is 1. The molecule has 134 valence electrons. The minimum absolute atomic E-state index is 0. The Bertz CT molecular complexity index is 333. The highest BCUT2D eigenvalue weighted by atomic mass is 16.3. The van der Waals surface area contributed by atoms with E-state index in [4.69, 9.17) is 0 Å². The molecule has 0 aliphatic rings. The van der Waals surface area contributed by atoms with Crippen LogP contribution in [0, 0.1) is 14.9 Å². The normalized spacial score (nSPS) is 12.7. The minimum atomic E-state index is -0.310. The molecule has 0 aliphatic carbocycles. The standard InChI is InChI=1S/C15H32N3O2.2CH3/c1-13(2)15(20)16-9-8-10-18(6,7)12-14(19)11-17(3,4)5;;/h14,19H,1,8-12H2,2-7H3;2*1H3/q+1;2*-1/p+1. The maximum absolute atomic E-state index is 11.3. The lowest BCUT2D eigenvalue weighted by Gasteiger charge is -2.34. The van der Waals surface area contributed by atoms with Gasteiger partial charge in [0, 0.05) is 18.5 Å². The molecule has 1 atom stereocenters. The van der Waals surface area contributed by atoms with Crippen molar-refractivity contribution in [3.05, 3.63) is 27.0 Å². The quantitative estimate of drug-likeness (QED) is 0.290. The average molecular weight is 318 g/mol. The maximum Gasteiger partial charge on any atom is 0.246 e. The Labute approximate surface area is 138 Å². The third-order valence-electron chi connectivity index (χ3n) is 3.08. The molecule has 22 heavy (non-hydrogen) atoms. The number of aliphatic hydroxyl groups excluding tert-OH is 1. The SMILES string of the molecule is C=C(C)C(=O)NCCC[N+](C)(C)CC(O)C[N+](C)(C)C.[CH3-].[CH3-]. The number of nitrogens with one attached hydrogen (secondary N) is 1. The zero-order valence-corrected chi connectivity index (χ0v) is 16.1. The Morgan fingerprint density at radius 2 is 1.64 bits per heavy atom. The fourth-order valence-electron chi connectivity index (χ4n) is 2.21. The van der Waals surface area contributed by atoms with Crippen molar-refractivity contribution in [3.63, 3.8) is 0 Å². The summed E-state index contributed by atoms with van der Waals surface area (Å²) in [5.74, 6) is -0.0830. The first kappa shape index (κ1) is 26.0. The van der Waals surface area contributed by atoms with Gasteiger partial charge in [-0.05, 0) is 6.92 Å². The molecule has 0 aromatic heterocycles. The van der Waals surface area contributed by atoms with Crippen LogP contribution in [0.3, 0.4) is 0 Å². The number of amides is 1. The number of aliphatic hydroxyl groups is 1. The van der Waals surface area contributed by atoms with Crippen molar-refractivity contribution in [1.29, 1.82) is 0 Å². The molecule has 1 amide bonds. The number of nitrogens with zero attached hydrogens (tertiary/aromatic N) is 2. The summed E-state index contributed by atoms with van der Waals surface area (Å²) in [6.45, 7) is 8.35. The average Bonchev–Trinajstić information content (AvgIpc) is 2.19. The van der Waals surface area contributed by atoms with Gasteiger partial charge in [-0.1, -0.05) is 6.58 Å². The van der Waals surface area contributed by atoms with E-state index < -0.39 is 0 Å². The van der Waals surface area contributed by atoms with Crippen LogP contribution in [0.5, 0.6) is 0 Å². The van der Waals surface area contributed by atoms with Crippen molar-refractivity contribution < 1.29 is 18.9 Å². The molecule has 0 radical (unpaired) electrons. The molecule has 0 bridgehead atoms. The molecule has 1 unspecified atom stereocenters. The van der Waals surface area contributed by atoms with Crippen LogP contribution in [0.15, 0.2) is 12.2 Å². The predicted molar refractivity (Wildman–Crippen MR) is 96.0 cm³/mol. The van der Waals surface area contributed by atoms with E-state index in [2.05, 4.69) is 47.1 Å². The monoisotopic (exact) mass is 317 g/mol. The van der Waals surface area contributed by atoms with Gasteiger partial charge in [0.15, 0.2) is 6.10 Å². The van der Waals surface area contributed by atoms with Crippen molar-refractivity contribution in [2.75, 3.05) is 61.4 Å². The molecule has 0 spiro atoms. The van der Waals surface area contributed by atoms with Gasteiger partial charge in [0.25, 0.3) is 0 Å². The summed E-state index contributed by atoms with van der Waals surface area (Å²) in [5, 5.41) is 13.0. The second-order valence-corrected chi connectivity index (χ2v) is 7.36. The molecule has 0 saturated heterocycles. The van der Waals surface area contributed by atoms with Crippen LogP contribution >= 0.6 is 0 Å². The molecule has 0 rings (SSSR count). The van der Waals surface area contributed by atoms with Crippen molar-refractivity contribution in [3.8, 4) is 0 Å². The molecule has 0 aromatic carbocycles. The highest BCUT2D eigenvalue weighted by Crippen LogP contribution is 2.04. The van der Waals surface area contributed by atoms with Crippen molar-refractivity contribution in [2.45, 2.75) is 19.4 Å². The van der Waals surface area contributed by atoms with E-state index in [1.165, 1.54) is 0 Å². The van der Waals surface area contributed by atoms with Crippen molar-refractivity contribution in [2.24, 2.45) is 0 Å². The molecule has 0 fully saturated rings. The first-order chi connectivity index (χ1) is 8.93. The zero-order valence-electron chi connectivity index (χ0n) is 16.1. The van der Waals surface area contributed by atoms with Crippen LogP contribution in [-0.4, -0.2) is 87.5 Å². The zero-order chi connectivity index (χ0) is 16.0. The maximum atomic E-state index is 11.3. The summed E-state index contributed by atoms with van der Waals surface area (Å²) in [5.41, 5.74) is 0.539. The molecular weight excluding hydrogens is 278 g/mol. The number of carbonyl (C=O) groups excluding carboxylic acids is 1. The topological polar surface area (TPSA) is 49.3 Å². The predicted octanol–water partition coefficient (Wildman–Crippen LogP) is 1.11. The van der Waals surface area contributed by atoms with E-state index in [0.29, 0.717) is 12.1 Å². The summed E-state index contributed by atoms with van der Waals surface area (Å²) in [6, 6.07) is 0. The van der Waals surface area contributed by atoms with Crippen LogP contribution in [-0.2, 0) is 4.79 Å². The van der Waals surface area contributed by atoms with E-state index in [-0.39, 0.29) is 26.9 Å². The van der Waals surface area contributed by atoms with Crippen LogP contribution in [0.4, 0.5) is 0 Å². The second-order valence-electron chi connectivity index (χ2n) is 7.36. The summed E-state index contributed by atoms with van der Waals surface area (Å²) in [7, 11) is 10.5. The second kappa shape index (κ2) is 10.8. The highest BCUT2D eigenvalue weighted by molar-refractivity contribution is 5.91. The van der Waals surface area contributed by atoms with E-state index >= 15 is 0 Å². The fourth-order valence-corrected chi connectivity index (χ4v) is 2.21. The Balaban J connectivity index is -0.00000180. The lowest BCUT2D eigenvalue weighted by Crippen LogP contribution is -2.51. The minimum Gasteiger partial charge on any atom is -0.382 e. The lowest BCUT2D eigenvalue weighted by molar-refractivity contribution is -0.907. The Morgan fingerprint density at radius 1 is 1.14 bits per heavy atom. The van der Waals surface area contributed by atoms with Crippen molar-refractivity contribution in [1.82, 2.24) is 5.32 Å². The molecule has 5 nitrogen and oxygen atoms in total.